The Morgan fingerprint density at radius 2 is 1.87 bits per heavy atom. The number of fused-ring (bicyclic) bond motifs is 1. The van der Waals surface area contributed by atoms with Crippen LogP contribution in [0.5, 0.6) is 17.2 Å². The van der Waals surface area contributed by atoms with Crippen LogP contribution in [0.4, 0.5) is 10.8 Å². The Labute approximate surface area is 183 Å². The average molecular weight is 439 g/mol. The number of hydrogen-bond donors (Lipinski definition) is 2. The lowest BCUT2D eigenvalue weighted by Crippen LogP contribution is -2.34. The van der Waals surface area contributed by atoms with Crippen LogP contribution < -0.4 is 24.8 Å². The van der Waals surface area contributed by atoms with Crippen LogP contribution in [0.15, 0.2) is 36.4 Å². The fraction of sp³-hybridized carbons (Fsp3) is 0.227. The summed E-state index contributed by atoms with van der Waals surface area (Å²) in [5.41, 5.74) is 2.53. The van der Waals surface area contributed by atoms with Gasteiger partial charge in [0.15, 0.2) is 11.2 Å². The van der Waals surface area contributed by atoms with Crippen molar-refractivity contribution in [2.24, 2.45) is 0 Å². The highest BCUT2D eigenvalue weighted by molar-refractivity contribution is 7.16. The van der Waals surface area contributed by atoms with Crippen molar-refractivity contribution in [2.75, 3.05) is 24.9 Å². The lowest BCUT2D eigenvalue weighted by molar-refractivity contribution is -0.122. The van der Waals surface area contributed by atoms with E-state index in [1.54, 1.807) is 31.2 Å². The Hall–Kier alpha value is -3.59. The number of nitrogens with one attached hydrogen (secondary N) is 2. The molecule has 0 saturated carbocycles. The highest BCUT2D eigenvalue weighted by atomic mass is 32.1. The summed E-state index contributed by atoms with van der Waals surface area (Å²) in [5, 5.41) is 6.13. The maximum absolute atomic E-state index is 12.7. The fourth-order valence-corrected chi connectivity index (χ4v) is 4.01. The summed E-state index contributed by atoms with van der Waals surface area (Å²) in [6, 6.07) is 10.5. The number of benzene rings is 2. The molecular weight excluding hydrogens is 418 g/mol. The first-order valence-electron chi connectivity index (χ1n) is 9.51. The molecule has 0 radical (unpaired) electrons. The molecule has 2 heterocycles. The Morgan fingerprint density at radius 3 is 2.55 bits per heavy atom. The van der Waals surface area contributed by atoms with Crippen LogP contribution >= 0.6 is 11.3 Å². The Morgan fingerprint density at radius 1 is 1.16 bits per heavy atom. The molecule has 1 aliphatic rings. The average Bonchev–Trinajstić information content (AvgIpc) is 3.13. The first kappa shape index (κ1) is 20.7. The van der Waals surface area contributed by atoms with Gasteiger partial charge in [-0.1, -0.05) is 0 Å². The van der Waals surface area contributed by atoms with Gasteiger partial charge in [0.2, 0.25) is 0 Å². The number of carbonyl (C=O) groups excluding carboxylic acids is 2. The fourth-order valence-electron chi connectivity index (χ4n) is 3.18. The molecule has 1 aliphatic heterocycles. The van der Waals surface area contributed by atoms with E-state index in [0.29, 0.717) is 33.6 Å². The number of carbonyl (C=O) groups is 2. The smallest absolute Gasteiger partial charge is 0.265 e. The number of rotatable bonds is 5. The van der Waals surface area contributed by atoms with Crippen LogP contribution in [0.25, 0.3) is 11.3 Å². The Balaban J connectivity index is 1.58. The number of aromatic nitrogens is 1. The number of amides is 2. The molecule has 160 valence electrons. The van der Waals surface area contributed by atoms with Gasteiger partial charge in [0.1, 0.15) is 17.2 Å². The first-order valence-corrected chi connectivity index (χ1v) is 10.3. The lowest BCUT2D eigenvalue weighted by atomic mass is 10.1. The normalized spacial score (nSPS) is 14.8. The van der Waals surface area contributed by atoms with Gasteiger partial charge in [0.25, 0.3) is 11.8 Å². The predicted octanol–water partition coefficient (Wildman–Crippen LogP) is 4.11. The SMILES string of the molecule is COc1cc(OC)cc(C(=O)Nc2nc(-c3ccc4c(c3)NC(=O)[C@@H](C)O4)c(C)s2)c1. The molecule has 1 atom stereocenters. The summed E-state index contributed by atoms with van der Waals surface area (Å²) in [6.07, 6.45) is -0.531. The number of aryl methyl sites for hydroxylation is 1. The van der Waals surface area contributed by atoms with E-state index < -0.39 is 6.10 Å². The molecular formula is C22H21N3O5S. The molecule has 3 aromatic rings. The van der Waals surface area contributed by atoms with E-state index in [-0.39, 0.29) is 11.8 Å². The quantitative estimate of drug-likeness (QED) is 0.621. The largest absolute Gasteiger partial charge is 0.497 e. The second-order valence-corrected chi connectivity index (χ2v) is 8.14. The summed E-state index contributed by atoms with van der Waals surface area (Å²) in [4.78, 5) is 30.2. The molecule has 0 spiro atoms. The standard InChI is InChI=1S/C22H21N3O5S/c1-11-20(26)23-17-9-13(5-6-18(17)30-11)19-12(2)31-22(24-19)25-21(27)14-7-15(28-3)10-16(8-14)29-4/h5-11H,1-4H3,(H,23,26)(H,24,25,27)/t11-/m1/s1. The van der Waals surface area contributed by atoms with Crippen molar-refractivity contribution in [2.45, 2.75) is 20.0 Å². The van der Waals surface area contributed by atoms with Crippen molar-refractivity contribution in [1.82, 2.24) is 4.98 Å². The van der Waals surface area contributed by atoms with Crippen LogP contribution in [0.2, 0.25) is 0 Å². The van der Waals surface area contributed by atoms with E-state index in [1.165, 1.54) is 25.6 Å². The van der Waals surface area contributed by atoms with E-state index >= 15 is 0 Å². The molecule has 0 unspecified atom stereocenters. The molecule has 31 heavy (non-hydrogen) atoms. The van der Waals surface area contributed by atoms with Crippen LogP contribution in [-0.2, 0) is 4.79 Å². The van der Waals surface area contributed by atoms with Crippen molar-refractivity contribution in [3.05, 3.63) is 46.8 Å². The minimum absolute atomic E-state index is 0.193. The van der Waals surface area contributed by atoms with E-state index in [9.17, 15) is 9.59 Å². The van der Waals surface area contributed by atoms with Gasteiger partial charge in [-0.05, 0) is 44.2 Å². The molecule has 0 saturated heterocycles. The van der Waals surface area contributed by atoms with Crippen molar-refractivity contribution < 1.29 is 23.8 Å². The van der Waals surface area contributed by atoms with Crippen molar-refractivity contribution in [3.63, 3.8) is 0 Å². The monoisotopic (exact) mass is 439 g/mol. The van der Waals surface area contributed by atoms with Gasteiger partial charge >= 0.3 is 0 Å². The zero-order valence-electron chi connectivity index (χ0n) is 17.4. The molecule has 8 nitrogen and oxygen atoms in total. The minimum atomic E-state index is -0.531. The van der Waals surface area contributed by atoms with Crippen molar-refractivity contribution in [3.8, 4) is 28.5 Å². The summed E-state index contributed by atoms with van der Waals surface area (Å²) in [6.45, 7) is 3.62. The summed E-state index contributed by atoms with van der Waals surface area (Å²) >= 11 is 1.37. The van der Waals surface area contributed by atoms with Crippen molar-refractivity contribution >= 4 is 34.0 Å². The minimum Gasteiger partial charge on any atom is -0.497 e. The molecule has 0 bridgehead atoms. The van der Waals surface area contributed by atoms with Gasteiger partial charge in [-0.15, -0.1) is 11.3 Å². The lowest BCUT2D eigenvalue weighted by Gasteiger charge is -2.23. The second kappa shape index (κ2) is 8.27. The molecule has 1 aromatic heterocycles. The second-order valence-electron chi connectivity index (χ2n) is 6.94. The number of anilines is 2. The third-order valence-corrected chi connectivity index (χ3v) is 5.70. The van der Waals surface area contributed by atoms with Gasteiger partial charge < -0.3 is 19.5 Å². The predicted molar refractivity (Wildman–Crippen MR) is 119 cm³/mol. The van der Waals surface area contributed by atoms with Crippen LogP contribution in [0.3, 0.4) is 0 Å². The summed E-state index contributed by atoms with van der Waals surface area (Å²) in [5.74, 6) is 1.14. The maximum atomic E-state index is 12.7. The zero-order chi connectivity index (χ0) is 22.1. The third kappa shape index (κ3) is 4.17. The molecule has 0 fully saturated rings. The van der Waals surface area contributed by atoms with E-state index in [4.69, 9.17) is 14.2 Å². The molecule has 4 rings (SSSR count). The molecule has 9 heteroatoms. The molecule has 2 amide bonds. The summed E-state index contributed by atoms with van der Waals surface area (Å²) in [7, 11) is 3.05. The van der Waals surface area contributed by atoms with Gasteiger partial charge in [0.05, 0.1) is 25.6 Å². The van der Waals surface area contributed by atoms with Crippen LogP contribution in [-0.4, -0.2) is 37.1 Å². The summed E-state index contributed by atoms with van der Waals surface area (Å²) < 4.78 is 16.1. The highest BCUT2D eigenvalue weighted by Crippen LogP contribution is 2.37. The van der Waals surface area contributed by atoms with Crippen LogP contribution in [0.1, 0.15) is 22.2 Å². The number of thiazole rings is 1. The third-order valence-electron chi connectivity index (χ3n) is 4.81. The van der Waals surface area contributed by atoms with E-state index in [0.717, 1.165) is 16.1 Å². The zero-order valence-corrected chi connectivity index (χ0v) is 18.3. The molecule has 2 aromatic carbocycles. The highest BCUT2D eigenvalue weighted by Gasteiger charge is 2.24. The van der Waals surface area contributed by atoms with Gasteiger partial charge in [-0.2, -0.15) is 0 Å². The maximum Gasteiger partial charge on any atom is 0.265 e. The molecule has 0 aliphatic carbocycles. The Bertz CT molecular complexity index is 1150. The number of hydrogen-bond acceptors (Lipinski definition) is 7. The van der Waals surface area contributed by atoms with Gasteiger partial charge in [-0.25, -0.2) is 4.98 Å². The van der Waals surface area contributed by atoms with Crippen LogP contribution in [0, 0.1) is 6.92 Å². The Kier molecular flexibility index (Phi) is 5.51. The number of methoxy groups -OCH3 is 2. The number of nitrogens with zero attached hydrogens (tertiary/aromatic N) is 1. The van der Waals surface area contributed by atoms with E-state index in [2.05, 4.69) is 15.6 Å². The topological polar surface area (TPSA) is 98.8 Å². The van der Waals surface area contributed by atoms with E-state index in [1.807, 2.05) is 19.1 Å². The van der Waals surface area contributed by atoms with Gasteiger partial charge in [-0.3, -0.25) is 14.9 Å². The first-order chi connectivity index (χ1) is 14.9. The van der Waals surface area contributed by atoms with Gasteiger partial charge in [0, 0.05) is 22.1 Å². The van der Waals surface area contributed by atoms with Crippen molar-refractivity contribution in [1.29, 1.82) is 0 Å². The number of ether oxygens (including phenoxy) is 3. The molecule has 2 N–H and O–H groups in total.